The quantitative estimate of drug-likeness (QED) is 0.444. The Balaban J connectivity index is 2.68. The monoisotopic (exact) mass is 248 g/mol. The van der Waals surface area contributed by atoms with Crippen LogP contribution in [0.1, 0.15) is 13.3 Å². The van der Waals surface area contributed by atoms with Gasteiger partial charge >= 0.3 is 0 Å². The number of hydrogen-bond acceptors (Lipinski definition) is 3. The molecule has 0 saturated carbocycles. The molecule has 18 heavy (non-hydrogen) atoms. The number of hydrogen-bond donors (Lipinski definition) is 2. The Hall–Kier alpha value is -2.04. The van der Waals surface area contributed by atoms with E-state index >= 15 is 0 Å². The standard InChI is InChI=1S/C13H20N4O/c1-10-7-8-11(5-4-6-12(10)14)13(18)16-15-9-17(2)3/h4-6,8-10H,7,14H2,1-3H3,(H,16,18)/b5-4?,11-8?,12-6?,15-9+. The van der Waals surface area contributed by atoms with Crippen LogP contribution in [0.5, 0.6) is 0 Å². The number of amides is 1. The van der Waals surface area contributed by atoms with Gasteiger partial charge in [-0.1, -0.05) is 19.1 Å². The number of allylic oxidation sites excluding steroid dienone is 4. The Kier molecular flexibility index (Phi) is 5.17. The fourth-order valence-electron chi connectivity index (χ4n) is 1.37. The molecule has 5 heteroatoms. The number of hydrazone groups is 1. The smallest absolute Gasteiger partial charge is 0.271 e. The summed E-state index contributed by atoms with van der Waals surface area (Å²) in [7, 11) is 3.67. The van der Waals surface area contributed by atoms with E-state index in [9.17, 15) is 4.79 Å². The number of nitrogens with zero attached hydrogens (tertiary/aromatic N) is 2. The molecule has 0 aromatic rings. The molecular weight excluding hydrogens is 228 g/mol. The number of rotatable bonds is 3. The van der Waals surface area contributed by atoms with Gasteiger partial charge in [-0.25, -0.2) is 5.43 Å². The molecule has 5 nitrogen and oxygen atoms in total. The van der Waals surface area contributed by atoms with Crippen molar-refractivity contribution in [3.63, 3.8) is 0 Å². The van der Waals surface area contributed by atoms with Crippen molar-refractivity contribution >= 4 is 12.2 Å². The molecule has 0 aliphatic heterocycles. The zero-order valence-electron chi connectivity index (χ0n) is 11.1. The first kappa shape index (κ1) is 14.0. The summed E-state index contributed by atoms with van der Waals surface area (Å²) in [5, 5.41) is 3.82. The van der Waals surface area contributed by atoms with Gasteiger partial charge in [-0.15, -0.1) is 0 Å². The summed E-state index contributed by atoms with van der Waals surface area (Å²) >= 11 is 0. The van der Waals surface area contributed by atoms with Crippen LogP contribution >= 0.6 is 0 Å². The first-order valence-electron chi connectivity index (χ1n) is 5.84. The van der Waals surface area contributed by atoms with Crippen LogP contribution < -0.4 is 11.2 Å². The summed E-state index contributed by atoms with van der Waals surface area (Å²) in [4.78, 5) is 13.6. The van der Waals surface area contributed by atoms with Crippen molar-refractivity contribution < 1.29 is 4.79 Å². The molecule has 1 amide bonds. The average Bonchev–Trinajstić information content (AvgIpc) is 2.30. The van der Waals surface area contributed by atoms with E-state index in [1.54, 1.807) is 17.1 Å². The minimum atomic E-state index is -0.217. The Morgan fingerprint density at radius 1 is 1.61 bits per heavy atom. The zero-order valence-corrected chi connectivity index (χ0v) is 11.1. The largest absolute Gasteiger partial charge is 0.402 e. The van der Waals surface area contributed by atoms with Crippen LogP contribution in [0.2, 0.25) is 0 Å². The molecule has 98 valence electrons. The molecule has 0 aromatic heterocycles. The predicted octanol–water partition coefficient (Wildman–Crippen LogP) is 0.972. The van der Waals surface area contributed by atoms with Crippen LogP contribution in [-0.4, -0.2) is 31.2 Å². The van der Waals surface area contributed by atoms with Gasteiger partial charge in [-0.2, -0.15) is 5.10 Å². The second kappa shape index (κ2) is 6.64. The topological polar surface area (TPSA) is 70.7 Å². The second-order valence-electron chi connectivity index (χ2n) is 4.47. The third-order valence-electron chi connectivity index (χ3n) is 2.54. The van der Waals surface area contributed by atoms with Crippen molar-refractivity contribution in [2.45, 2.75) is 13.3 Å². The molecule has 3 N–H and O–H groups in total. The van der Waals surface area contributed by atoms with Gasteiger partial charge in [0.15, 0.2) is 0 Å². The first-order chi connectivity index (χ1) is 8.50. The molecule has 0 bridgehead atoms. The molecule has 0 spiro atoms. The lowest BCUT2D eigenvalue weighted by molar-refractivity contribution is -0.117. The van der Waals surface area contributed by atoms with Crippen LogP contribution in [0.4, 0.5) is 0 Å². The number of nitrogens with two attached hydrogens (primary N) is 1. The van der Waals surface area contributed by atoms with Crippen molar-refractivity contribution in [2.24, 2.45) is 16.8 Å². The molecule has 0 aromatic carbocycles. The first-order valence-corrected chi connectivity index (χ1v) is 5.84. The normalized spacial score (nSPS) is 19.8. The highest BCUT2D eigenvalue weighted by atomic mass is 16.2. The third kappa shape index (κ3) is 4.45. The lowest BCUT2D eigenvalue weighted by atomic mass is 9.99. The van der Waals surface area contributed by atoms with Crippen LogP contribution in [0.3, 0.4) is 0 Å². The van der Waals surface area contributed by atoms with Gasteiger partial charge in [0, 0.05) is 25.4 Å². The molecule has 0 fully saturated rings. The summed E-state index contributed by atoms with van der Waals surface area (Å²) in [6.07, 6.45) is 9.50. The molecule has 1 atom stereocenters. The summed E-state index contributed by atoms with van der Waals surface area (Å²) in [5.74, 6) is 0.0217. The van der Waals surface area contributed by atoms with E-state index in [0.717, 1.165) is 12.1 Å². The summed E-state index contributed by atoms with van der Waals surface area (Å²) < 4.78 is 0. The second-order valence-corrected chi connectivity index (χ2v) is 4.47. The number of carbonyl (C=O) groups is 1. The number of carbonyl (C=O) groups excluding carboxylic acids is 1. The van der Waals surface area contributed by atoms with Gasteiger partial charge in [0.2, 0.25) is 0 Å². The number of nitrogens with one attached hydrogen (secondary N) is 1. The van der Waals surface area contributed by atoms with Gasteiger partial charge in [-0.3, -0.25) is 4.79 Å². The van der Waals surface area contributed by atoms with Gasteiger partial charge in [0.25, 0.3) is 5.91 Å². The third-order valence-corrected chi connectivity index (χ3v) is 2.54. The van der Waals surface area contributed by atoms with Crippen LogP contribution in [0.15, 0.2) is 40.7 Å². The maximum Gasteiger partial charge on any atom is 0.271 e. The molecule has 0 heterocycles. The maximum absolute atomic E-state index is 11.8. The van der Waals surface area contributed by atoms with E-state index in [0.29, 0.717) is 5.57 Å². The van der Waals surface area contributed by atoms with Crippen LogP contribution in [0, 0.1) is 5.92 Å². The molecule has 0 radical (unpaired) electrons. The minimum absolute atomic E-state index is 0.217. The van der Waals surface area contributed by atoms with Crippen molar-refractivity contribution in [3.8, 4) is 0 Å². The fourth-order valence-corrected chi connectivity index (χ4v) is 1.37. The lowest BCUT2D eigenvalue weighted by Gasteiger charge is -2.11. The van der Waals surface area contributed by atoms with Crippen LogP contribution in [0.25, 0.3) is 0 Å². The van der Waals surface area contributed by atoms with E-state index in [4.69, 9.17) is 5.73 Å². The van der Waals surface area contributed by atoms with Crippen LogP contribution in [-0.2, 0) is 4.79 Å². The predicted molar refractivity (Wildman–Crippen MR) is 73.6 cm³/mol. The van der Waals surface area contributed by atoms with Gasteiger partial charge in [0.05, 0.1) is 0 Å². The van der Waals surface area contributed by atoms with Crippen molar-refractivity contribution in [1.82, 2.24) is 10.3 Å². The SMILES string of the molecule is CC1CC=C(C(=O)N/N=C/N(C)C)C=CC=C1N. The molecule has 1 aliphatic carbocycles. The fraction of sp³-hybridized carbons (Fsp3) is 0.385. The molecule has 1 unspecified atom stereocenters. The van der Waals surface area contributed by atoms with Gasteiger partial charge in [-0.05, 0) is 24.5 Å². The highest BCUT2D eigenvalue weighted by Crippen LogP contribution is 2.15. The summed E-state index contributed by atoms with van der Waals surface area (Å²) in [6, 6.07) is 0. The zero-order chi connectivity index (χ0) is 13.5. The van der Waals surface area contributed by atoms with E-state index < -0.39 is 0 Å². The highest BCUT2D eigenvalue weighted by molar-refractivity contribution is 5.96. The molecule has 0 saturated heterocycles. The van der Waals surface area contributed by atoms with Crippen molar-refractivity contribution in [2.75, 3.05) is 14.1 Å². The van der Waals surface area contributed by atoms with E-state index in [1.807, 2.05) is 33.2 Å². The summed E-state index contributed by atoms with van der Waals surface area (Å²) in [5.41, 5.74) is 9.73. The Morgan fingerprint density at radius 2 is 2.33 bits per heavy atom. The van der Waals surface area contributed by atoms with Gasteiger partial charge < -0.3 is 10.6 Å². The maximum atomic E-state index is 11.8. The van der Waals surface area contributed by atoms with Gasteiger partial charge in [0.1, 0.15) is 6.34 Å². The van der Waals surface area contributed by atoms with Crippen molar-refractivity contribution in [1.29, 1.82) is 0 Å². The molecule has 1 rings (SSSR count). The highest BCUT2D eigenvalue weighted by Gasteiger charge is 2.09. The van der Waals surface area contributed by atoms with E-state index in [-0.39, 0.29) is 11.8 Å². The summed E-state index contributed by atoms with van der Waals surface area (Å²) in [6.45, 7) is 2.03. The lowest BCUT2D eigenvalue weighted by Crippen LogP contribution is -2.21. The Labute approximate surface area is 108 Å². The van der Waals surface area contributed by atoms with E-state index in [1.165, 1.54) is 6.34 Å². The molecular formula is C13H20N4O. The van der Waals surface area contributed by atoms with Crippen molar-refractivity contribution in [3.05, 3.63) is 35.6 Å². The Morgan fingerprint density at radius 3 is 3.00 bits per heavy atom. The Bertz CT molecular complexity index is 419. The average molecular weight is 248 g/mol. The van der Waals surface area contributed by atoms with E-state index in [2.05, 4.69) is 10.5 Å². The minimum Gasteiger partial charge on any atom is -0.402 e. The molecule has 1 aliphatic rings.